The molecule has 0 aliphatic heterocycles. The van der Waals surface area contributed by atoms with E-state index in [9.17, 15) is 12.8 Å². The van der Waals surface area contributed by atoms with Gasteiger partial charge in [0.25, 0.3) is 0 Å². The fourth-order valence-electron chi connectivity index (χ4n) is 0.680. The average molecular weight is 173 g/mol. The molecule has 0 aliphatic carbocycles. The quantitative estimate of drug-likeness (QED) is 0.635. The highest BCUT2D eigenvalue weighted by atomic mass is 32.2. The van der Waals surface area contributed by atoms with E-state index in [0.717, 1.165) is 18.4 Å². The number of rotatable bonds is 1. The van der Waals surface area contributed by atoms with E-state index in [1.165, 1.54) is 6.07 Å². The first kappa shape index (κ1) is 8.20. The maximum atomic E-state index is 12.7. The van der Waals surface area contributed by atoms with E-state index in [1.807, 2.05) is 0 Å². The van der Waals surface area contributed by atoms with Crippen LogP contribution in [0, 0.1) is 11.9 Å². The van der Waals surface area contributed by atoms with Gasteiger partial charge in [-0.2, -0.15) is 0 Å². The standard InChI is InChI=1S/C7H6FO2S/c1-11(9,10)7-5-3-2-4-6(7)8/h2,4-5H,1H3. The molecule has 1 radical (unpaired) electrons. The van der Waals surface area contributed by atoms with E-state index in [0.29, 0.717) is 0 Å². The van der Waals surface area contributed by atoms with Crippen LogP contribution in [-0.4, -0.2) is 14.7 Å². The molecule has 0 N–H and O–H groups in total. The Bertz CT molecular complexity index is 356. The van der Waals surface area contributed by atoms with Crippen LogP contribution in [-0.2, 0) is 9.84 Å². The lowest BCUT2D eigenvalue weighted by atomic mass is 10.4. The summed E-state index contributed by atoms with van der Waals surface area (Å²) in [4.78, 5) is -0.306. The van der Waals surface area contributed by atoms with Crippen molar-refractivity contribution in [2.24, 2.45) is 0 Å². The predicted molar refractivity (Wildman–Crippen MR) is 38.3 cm³/mol. The molecule has 0 fully saturated rings. The van der Waals surface area contributed by atoms with Crippen molar-refractivity contribution in [3.05, 3.63) is 30.1 Å². The van der Waals surface area contributed by atoms with Crippen molar-refractivity contribution in [2.45, 2.75) is 4.90 Å². The third-order valence-corrected chi connectivity index (χ3v) is 2.29. The molecule has 1 aromatic carbocycles. The number of benzene rings is 1. The summed E-state index contributed by atoms with van der Waals surface area (Å²) in [6.45, 7) is 0. The molecule has 11 heavy (non-hydrogen) atoms. The maximum absolute atomic E-state index is 12.7. The molecule has 0 saturated heterocycles. The molecule has 2 nitrogen and oxygen atoms in total. The minimum absolute atomic E-state index is 0.306. The van der Waals surface area contributed by atoms with Gasteiger partial charge in [0, 0.05) is 6.26 Å². The van der Waals surface area contributed by atoms with Crippen molar-refractivity contribution in [1.82, 2.24) is 0 Å². The molecule has 0 spiro atoms. The van der Waals surface area contributed by atoms with Gasteiger partial charge in [0.2, 0.25) is 0 Å². The Morgan fingerprint density at radius 1 is 1.55 bits per heavy atom. The lowest BCUT2D eigenvalue weighted by Gasteiger charge is -1.96. The fourth-order valence-corrected chi connectivity index (χ4v) is 1.38. The second-order valence-electron chi connectivity index (χ2n) is 2.13. The first-order valence-electron chi connectivity index (χ1n) is 2.87. The monoisotopic (exact) mass is 173 g/mol. The third-order valence-electron chi connectivity index (χ3n) is 1.18. The highest BCUT2D eigenvalue weighted by Crippen LogP contribution is 2.11. The Labute approximate surface area is 64.6 Å². The van der Waals surface area contributed by atoms with Gasteiger partial charge in [-0.25, -0.2) is 12.8 Å². The number of sulfone groups is 1. The molecule has 0 aliphatic rings. The molecule has 1 rings (SSSR count). The van der Waals surface area contributed by atoms with Gasteiger partial charge >= 0.3 is 0 Å². The molecule has 59 valence electrons. The molecular formula is C7H6FO2S. The van der Waals surface area contributed by atoms with Crippen LogP contribution in [0.3, 0.4) is 0 Å². The summed E-state index contributed by atoms with van der Waals surface area (Å²) in [6.07, 6.45) is 0.958. The van der Waals surface area contributed by atoms with Crippen molar-refractivity contribution in [3.8, 4) is 0 Å². The summed E-state index contributed by atoms with van der Waals surface area (Å²) >= 11 is 0. The maximum Gasteiger partial charge on any atom is 0.178 e. The fraction of sp³-hybridized carbons (Fsp3) is 0.143. The molecule has 4 heteroatoms. The first-order chi connectivity index (χ1) is 5.02. The highest BCUT2D eigenvalue weighted by molar-refractivity contribution is 7.90. The van der Waals surface area contributed by atoms with Crippen molar-refractivity contribution < 1.29 is 12.8 Å². The van der Waals surface area contributed by atoms with Crippen LogP contribution < -0.4 is 0 Å². The number of hydrogen-bond acceptors (Lipinski definition) is 2. The normalized spacial score (nSPS) is 11.5. The van der Waals surface area contributed by atoms with E-state index in [1.54, 1.807) is 0 Å². The molecule has 0 heterocycles. The molecule has 0 bridgehead atoms. The Morgan fingerprint density at radius 3 is 2.55 bits per heavy atom. The van der Waals surface area contributed by atoms with E-state index in [-0.39, 0.29) is 4.90 Å². The van der Waals surface area contributed by atoms with Gasteiger partial charge in [0.15, 0.2) is 9.84 Å². The van der Waals surface area contributed by atoms with Crippen LogP contribution in [0.25, 0.3) is 0 Å². The van der Waals surface area contributed by atoms with Crippen molar-refractivity contribution in [3.63, 3.8) is 0 Å². The van der Waals surface area contributed by atoms with Gasteiger partial charge in [-0.3, -0.25) is 0 Å². The van der Waals surface area contributed by atoms with Crippen LogP contribution in [0.2, 0.25) is 0 Å². The summed E-state index contributed by atoms with van der Waals surface area (Å²) in [7, 11) is -3.44. The number of halogens is 1. The van der Waals surface area contributed by atoms with Crippen LogP contribution in [0.1, 0.15) is 0 Å². The third kappa shape index (κ3) is 1.77. The zero-order valence-corrected chi connectivity index (χ0v) is 6.65. The van der Waals surface area contributed by atoms with Gasteiger partial charge in [0.05, 0.1) is 0 Å². The second kappa shape index (κ2) is 2.62. The molecule has 0 unspecified atom stereocenters. The topological polar surface area (TPSA) is 34.1 Å². The minimum atomic E-state index is -3.44. The molecule has 0 aromatic heterocycles. The van der Waals surface area contributed by atoms with Crippen LogP contribution >= 0.6 is 0 Å². The molecule has 0 saturated carbocycles. The Balaban J connectivity index is 3.37. The largest absolute Gasteiger partial charge is 0.224 e. The Morgan fingerprint density at radius 2 is 2.18 bits per heavy atom. The van der Waals surface area contributed by atoms with Gasteiger partial charge in [0.1, 0.15) is 10.7 Å². The summed E-state index contributed by atoms with van der Waals surface area (Å²) in [5.41, 5.74) is 0. The number of hydrogen-bond donors (Lipinski definition) is 0. The van der Waals surface area contributed by atoms with E-state index >= 15 is 0 Å². The zero-order valence-electron chi connectivity index (χ0n) is 5.83. The SMILES string of the molecule is CS(=O)(=O)c1c[c]ccc1F. The highest BCUT2D eigenvalue weighted by Gasteiger charge is 2.11. The predicted octanol–water partition coefficient (Wildman–Crippen LogP) is 1.03. The summed E-state index contributed by atoms with van der Waals surface area (Å²) < 4.78 is 34.3. The van der Waals surface area contributed by atoms with Crippen LogP contribution in [0.5, 0.6) is 0 Å². The summed E-state index contributed by atoms with van der Waals surface area (Å²) in [5, 5.41) is 0. The molecule has 1 aromatic rings. The molecule has 0 atom stereocenters. The van der Waals surface area contributed by atoms with Gasteiger partial charge in [-0.1, -0.05) is 6.07 Å². The zero-order chi connectivity index (χ0) is 8.48. The average Bonchev–Trinajstić information content (AvgIpc) is 1.86. The Kier molecular flexibility index (Phi) is 1.95. The van der Waals surface area contributed by atoms with Gasteiger partial charge in [-0.05, 0) is 18.2 Å². The van der Waals surface area contributed by atoms with E-state index in [2.05, 4.69) is 6.07 Å². The van der Waals surface area contributed by atoms with Crippen LogP contribution in [0.4, 0.5) is 4.39 Å². The Hall–Kier alpha value is -0.900. The van der Waals surface area contributed by atoms with Crippen LogP contribution in [0.15, 0.2) is 23.1 Å². The summed E-state index contributed by atoms with van der Waals surface area (Å²) in [5.74, 6) is -0.730. The van der Waals surface area contributed by atoms with Crippen molar-refractivity contribution in [2.75, 3.05) is 6.26 Å². The molecular weight excluding hydrogens is 167 g/mol. The van der Waals surface area contributed by atoms with Crippen molar-refractivity contribution >= 4 is 9.84 Å². The van der Waals surface area contributed by atoms with Gasteiger partial charge in [-0.15, -0.1) is 0 Å². The summed E-state index contributed by atoms with van der Waals surface area (Å²) in [6, 6.07) is 5.99. The first-order valence-corrected chi connectivity index (χ1v) is 4.76. The van der Waals surface area contributed by atoms with E-state index in [4.69, 9.17) is 0 Å². The van der Waals surface area contributed by atoms with Crippen molar-refractivity contribution in [1.29, 1.82) is 0 Å². The van der Waals surface area contributed by atoms with Gasteiger partial charge < -0.3 is 0 Å². The smallest absolute Gasteiger partial charge is 0.178 e. The lowest BCUT2D eigenvalue weighted by molar-refractivity contribution is 0.570. The second-order valence-corrected chi connectivity index (χ2v) is 4.11. The minimum Gasteiger partial charge on any atom is -0.224 e. The lowest BCUT2D eigenvalue weighted by Crippen LogP contribution is -1.99. The molecule has 0 amide bonds. The van der Waals surface area contributed by atoms with E-state index < -0.39 is 15.7 Å².